The van der Waals surface area contributed by atoms with Gasteiger partial charge in [0.15, 0.2) is 6.10 Å². The number of nitrogens with one attached hydrogen (secondary N) is 1. The number of carbonyl (C=O) groups excluding carboxylic acids is 2. The van der Waals surface area contributed by atoms with E-state index in [2.05, 4.69) is 5.32 Å². The number of benzene rings is 2. The molecule has 3 rings (SSSR count). The summed E-state index contributed by atoms with van der Waals surface area (Å²) in [6.07, 6.45) is 2.45. The Balaban J connectivity index is 1.84. The third-order valence-corrected chi connectivity index (χ3v) is 4.12. The average molecular weight is 357 g/mol. The minimum absolute atomic E-state index is 0.153. The molecule has 1 aliphatic heterocycles. The molecule has 25 heavy (non-hydrogen) atoms. The zero-order valence-corrected chi connectivity index (χ0v) is 14.4. The van der Waals surface area contributed by atoms with Crippen LogP contribution in [0, 0.1) is 0 Å². The Morgan fingerprint density at radius 3 is 2.64 bits per heavy atom. The normalized spacial score (nSPS) is 16.2. The van der Waals surface area contributed by atoms with Gasteiger partial charge in [0.05, 0.1) is 12.2 Å². The van der Waals surface area contributed by atoms with Crippen LogP contribution in [0.15, 0.2) is 54.6 Å². The van der Waals surface area contributed by atoms with Crippen molar-refractivity contribution in [2.75, 3.05) is 18.5 Å². The molecule has 1 unspecified atom stereocenters. The number of halogens is 1. The van der Waals surface area contributed by atoms with Gasteiger partial charge in [0.1, 0.15) is 5.75 Å². The Bertz CT molecular complexity index is 818. The lowest BCUT2D eigenvalue weighted by Gasteiger charge is -2.33. The lowest BCUT2D eigenvalue weighted by molar-refractivity contribution is -0.127. The van der Waals surface area contributed by atoms with E-state index in [1.54, 1.807) is 48.4 Å². The second-order valence-corrected chi connectivity index (χ2v) is 5.96. The number of hydrogen-bond donors (Lipinski definition) is 1. The first-order valence-corrected chi connectivity index (χ1v) is 8.18. The van der Waals surface area contributed by atoms with Crippen molar-refractivity contribution < 1.29 is 14.3 Å². The fraction of sp³-hybridized carbons (Fsp3) is 0.158. The van der Waals surface area contributed by atoms with Crippen molar-refractivity contribution in [3.05, 3.63) is 65.2 Å². The summed E-state index contributed by atoms with van der Waals surface area (Å²) in [7, 11) is 1.54. The van der Waals surface area contributed by atoms with Crippen molar-refractivity contribution in [3.8, 4) is 5.75 Å². The molecule has 0 fully saturated rings. The third kappa shape index (κ3) is 3.83. The van der Waals surface area contributed by atoms with E-state index in [4.69, 9.17) is 16.3 Å². The van der Waals surface area contributed by atoms with Crippen LogP contribution in [0.25, 0.3) is 6.08 Å². The molecule has 0 aromatic heterocycles. The van der Waals surface area contributed by atoms with E-state index in [1.807, 2.05) is 18.2 Å². The molecule has 2 aromatic rings. The highest BCUT2D eigenvalue weighted by atomic mass is 35.5. The van der Waals surface area contributed by atoms with Crippen molar-refractivity contribution in [1.29, 1.82) is 0 Å². The van der Waals surface area contributed by atoms with Crippen LogP contribution in [0.1, 0.15) is 5.56 Å². The van der Waals surface area contributed by atoms with Gasteiger partial charge in [-0.1, -0.05) is 35.9 Å². The number of ether oxygens (including phenoxy) is 1. The highest BCUT2D eigenvalue weighted by molar-refractivity contribution is 6.30. The van der Waals surface area contributed by atoms with E-state index in [-0.39, 0.29) is 18.4 Å². The van der Waals surface area contributed by atoms with Crippen LogP contribution in [0.4, 0.5) is 5.69 Å². The van der Waals surface area contributed by atoms with Crippen molar-refractivity contribution >= 4 is 35.2 Å². The van der Waals surface area contributed by atoms with Gasteiger partial charge >= 0.3 is 0 Å². The Morgan fingerprint density at radius 2 is 1.92 bits per heavy atom. The van der Waals surface area contributed by atoms with Crippen LogP contribution in [0.5, 0.6) is 5.75 Å². The maximum atomic E-state index is 12.7. The standard InChI is InChI=1S/C19H17ClN2O3/c1-21-19(24)17-12-22(15-4-2-3-5-16(15)25-17)18(23)11-8-13-6-9-14(20)10-7-13/h2-11,17H,12H2,1H3,(H,21,24). The SMILES string of the molecule is CNC(=O)C1CN(C(=O)C=Cc2ccc(Cl)cc2)c2ccccc2O1. The second-order valence-electron chi connectivity index (χ2n) is 5.52. The number of para-hydroxylation sites is 2. The maximum Gasteiger partial charge on any atom is 0.262 e. The number of carbonyl (C=O) groups is 2. The van der Waals surface area contributed by atoms with Crippen molar-refractivity contribution in [1.82, 2.24) is 5.32 Å². The number of amides is 2. The first-order chi connectivity index (χ1) is 12.1. The number of likely N-dealkylation sites (N-methyl/N-ethyl adjacent to an activating group) is 1. The Kier molecular flexibility index (Phi) is 5.05. The van der Waals surface area contributed by atoms with Gasteiger partial charge in [-0.3, -0.25) is 9.59 Å². The van der Waals surface area contributed by atoms with E-state index in [1.165, 1.54) is 6.08 Å². The number of anilines is 1. The minimum atomic E-state index is -0.743. The highest BCUT2D eigenvalue weighted by Gasteiger charge is 2.32. The largest absolute Gasteiger partial charge is 0.477 e. The molecule has 0 bridgehead atoms. The summed E-state index contributed by atoms with van der Waals surface area (Å²) in [6, 6.07) is 14.3. The summed E-state index contributed by atoms with van der Waals surface area (Å²) >= 11 is 5.86. The van der Waals surface area contributed by atoms with Gasteiger partial charge in [-0.05, 0) is 35.9 Å². The molecule has 1 aliphatic rings. The number of nitrogens with zero attached hydrogens (tertiary/aromatic N) is 1. The van der Waals surface area contributed by atoms with E-state index in [9.17, 15) is 9.59 Å². The van der Waals surface area contributed by atoms with E-state index >= 15 is 0 Å². The molecule has 1 atom stereocenters. The van der Waals surface area contributed by atoms with Gasteiger partial charge < -0.3 is 15.0 Å². The minimum Gasteiger partial charge on any atom is -0.477 e. The Hall–Kier alpha value is -2.79. The summed E-state index contributed by atoms with van der Waals surface area (Å²) in [5, 5.41) is 3.19. The zero-order chi connectivity index (χ0) is 17.8. The van der Waals surface area contributed by atoms with E-state index < -0.39 is 6.10 Å². The maximum absolute atomic E-state index is 12.7. The van der Waals surface area contributed by atoms with Crippen molar-refractivity contribution in [3.63, 3.8) is 0 Å². The lowest BCUT2D eigenvalue weighted by Crippen LogP contribution is -2.49. The highest BCUT2D eigenvalue weighted by Crippen LogP contribution is 2.33. The molecule has 0 aliphatic carbocycles. The van der Waals surface area contributed by atoms with Gasteiger partial charge in [0, 0.05) is 18.1 Å². The summed E-state index contributed by atoms with van der Waals surface area (Å²) in [5.74, 6) is 0.0178. The molecular weight excluding hydrogens is 340 g/mol. The van der Waals surface area contributed by atoms with Crippen LogP contribution in [0.2, 0.25) is 5.02 Å². The summed E-state index contributed by atoms with van der Waals surface area (Å²) in [4.78, 5) is 26.2. The molecule has 0 saturated heterocycles. The molecular formula is C19H17ClN2O3. The molecule has 0 saturated carbocycles. The zero-order valence-electron chi connectivity index (χ0n) is 13.6. The van der Waals surface area contributed by atoms with Crippen molar-refractivity contribution in [2.45, 2.75) is 6.10 Å². The molecule has 2 aromatic carbocycles. The summed E-state index contributed by atoms with van der Waals surface area (Å²) in [6.45, 7) is 0.153. The summed E-state index contributed by atoms with van der Waals surface area (Å²) in [5.41, 5.74) is 1.51. The van der Waals surface area contributed by atoms with Crippen LogP contribution >= 0.6 is 11.6 Å². The quantitative estimate of drug-likeness (QED) is 0.860. The van der Waals surface area contributed by atoms with E-state index in [0.29, 0.717) is 16.5 Å². The molecule has 2 amide bonds. The van der Waals surface area contributed by atoms with E-state index in [0.717, 1.165) is 5.56 Å². The molecule has 0 radical (unpaired) electrons. The molecule has 128 valence electrons. The lowest BCUT2D eigenvalue weighted by atomic mass is 10.1. The van der Waals surface area contributed by atoms with Gasteiger partial charge in [-0.15, -0.1) is 0 Å². The van der Waals surface area contributed by atoms with Gasteiger partial charge in [-0.2, -0.15) is 0 Å². The fourth-order valence-electron chi connectivity index (χ4n) is 2.57. The molecule has 1 heterocycles. The predicted molar refractivity (Wildman–Crippen MR) is 97.8 cm³/mol. The Labute approximate surface area is 150 Å². The number of rotatable bonds is 3. The van der Waals surface area contributed by atoms with Gasteiger partial charge in [0.25, 0.3) is 11.8 Å². The Morgan fingerprint density at radius 1 is 1.20 bits per heavy atom. The van der Waals surface area contributed by atoms with Crippen LogP contribution in [0.3, 0.4) is 0 Å². The number of hydrogen-bond acceptors (Lipinski definition) is 3. The third-order valence-electron chi connectivity index (χ3n) is 3.87. The average Bonchev–Trinajstić information content (AvgIpc) is 2.65. The predicted octanol–water partition coefficient (Wildman–Crippen LogP) is 2.89. The molecule has 6 heteroatoms. The van der Waals surface area contributed by atoms with Gasteiger partial charge in [0.2, 0.25) is 0 Å². The second kappa shape index (κ2) is 7.40. The van der Waals surface area contributed by atoms with Crippen LogP contribution in [-0.2, 0) is 9.59 Å². The number of fused-ring (bicyclic) bond motifs is 1. The van der Waals surface area contributed by atoms with Crippen molar-refractivity contribution in [2.24, 2.45) is 0 Å². The monoisotopic (exact) mass is 356 g/mol. The summed E-state index contributed by atoms with van der Waals surface area (Å²) < 4.78 is 5.70. The first kappa shape index (κ1) is 17.0. The van der Waals surface area contributed by atoms with Crippen LogP contribution in [-0.4, -0.2) is 31.5 Å². The molecule has 5 nitrogen and oxygen atoms in total. The topological polar surface area (TPSA) is 58.6 Å². The smallest absolute Gasteiger partial charge is 0.262 e. The van der Waals surface area contributed by atoms with Crippen LogP contribution < -0.4 is 15.0 Å². The fourth-order valence-corrected chi connectivity index (χ4v) is 2.70. The molecule has 0 spiro atoms. The van der Waals surface area contributed by atoms with Gasteiger partial charge in [-0.25, -0.2) is 0 Å². The molecule has 1 N–H and O–H groups in total. The first-order valence-electron chi connectivity index (χ1n) is 7.81.